The molecule has 1 unspecified atom stereocenters. The Kier molecular flexibility index (Phi) is 6.64. The van der Waals surface area contributed by atoms with Gasteiger partial charge in [-0.2, -0.15) is 0 Å². The Labute approximate surface area is 176 Å². The topological polar surface area (TPSA) is 64.7 Å². The summed E-state index contributed by atoms with van der Waals surface area (Å²) < 4.78 is 0. The lowest BCUT2D eigenvalue weighted by atomic mass is 10.1. The fourth-order valence-corrected chi connectivity index (χ4v) is 3.72. The lowest BCUT2D eigenvalue weighted by molar-refractivity contribution is -0.117. The number of urea groups is 1. The van der Waals surface area contributed by atoms with Crippen LogP contribution >= 0.6 is 11.6 Å². The Balaban J connectivity index is 1.60. The number of halogens is 1. The van der Waals surface area contributed by atoms with Gasteiger partial charge in [0.1, 0.15) is 0 Å². The van der Waals surface area contributed by atoms with Gasteiger partial charge in [0.15, 0.2) is 0 Å². The fraction of sp³-hybridized carbons (Fsp3) is 0.364. The van der Waals surface area contributed by atoms with Gasteiger partial charge in [0.25, 0.3) is 0 Å². The monoisotopic (exact) mass is 414 g/mol. The number of nitrogens with zero attached hydrogens (tertiary/aromatic N) is 2. The van der Waals surface area contributed by atoms with Crippen LogP contribution in [0.1, 0.15) is 25.8 Å². The Morgan fingerprint density at radius 3 is 2.48 bits per heavy atom. The minimum absolute atomic E-state index is 0.0163. The van der Waals surface area contributed by atoms with Crippen LogP contribution in [0.2, 0.25) is 5.02 Å². The second kappa shape index (κ2) is 9.18. The van der Waals surface area contributed by atoms with Gasteiger partial charge in [-0.1, -0.05) is 11.6 Å². The second-order valence-corrected chi connectivity index (χ2v) is 7.59. The molecule has 0 spiro atoms. The first-order valence-electron chi connectivity index (χ1n) is 9.90. The zero-order chi connectivity index (χ0) is 21.0. The van der Waals surface area contributed by atoms with Gasteiger partial charge in [-0.05, 0) is 68.8 Å². The standard InChI is InChI=1S/C22H27ClN4O2/c1-4-26(5-2)19-10-11-20(15(3)12-19)25-22(29)24-17-13-21(28)27(14-17)18-8-6-16(23)7-9-18/h6-12,17H,4-5,13-14H2,1-3H3,(H2,24,25,29). The molecule has 0 aromatic heterocycles. The van der Waals surface area contributed by atoms with Crippen LogP contribution < -0.4 is 20.4 Å². The number of benzene rings is 2. The highest BCUT2D eigenvalue weighted by Crippen LogP contribution is 2.25. The number of rotatable bonds is 6. The predicted octanol–water partition coefficient (Wildman–Crippen LogP) is 4.42. The molecule has 1 fully saturated rings. The Morgan fingerprint density at radius 2 is 1.86 bits per heavy atom. The third kappa shape index (κ3) is 5.01. The van der Waals surface area contributed by atoms with E-state index in [4.69, 9.17) is 11.6 Å². The Hall–Kier alpha value is -2.73. The van der Waals surface area contributed by atoms with E-state index in [2.05, 4.69) is 35.4 Å². The Morgan fingerprint density at radius 1 is 1.17 bits per heavy atom. The zero-order valence-corrected chi connectivity index (χ0v) is 17.8. The highest BCUT2D eigenvalue weighted by Gasteiger charge is 2.31. The van der Waals surface area contributed by atoms with Crippen molar-refractivity contribution in [2.45, 2.75) is 33.2 Å². The normalized spacial score (nSPS) is 16.1. The van der Waals surface area contributed by atoms with Crippen LogP contribution in [0.5, 0.6) is 0 Å². The molecule has 1 heterocycles. The van der Waals surface area contributed by atoms with Gasteiger partial charge in [-0.25, -0.2) is 4.79 Å². The number of nitrogens with one attached hydrogen (secondary N) is 2. The van der Waals surface area contributed by atoms with Crippen molar-refractivity contribution in [3.8, 4) is 0 Å². The average Bonchev–Trinajstić information content (AvgIpc) is 3.05. The van der Waals surface area contributed by atoms with Gasteiger partial charge in [0.05, 0.1) is 6.04 Å². The lowest BCUT2D eigenvalue weighted by Gasteiger charge is -2.22. The summed E-state index contributed by atoms with van der Waals surface area (Å²) in [5.74, 6) is -0.0163. The molecule has 154 valence electrons. The predicted molar refractivity (Wildman–Crippen MR) is 119 cm³/mol. The van der Waals surface area contributed by atoms with Crippen molar-refractivity contribution in [3.05, 3.63) is 53.1 Å². The van der Waals surface area contributed by atoms with Crippen molar-refractivity contribution in [1.82, 2.24) is 5.32 Å². The second-order valence-electron chi connectivity index (χ2n) is 7.15. The smallest absolute Gasteiger partial charge is 0.319 e. The highest BCUT2D eigenvalue weighted by atomic mass is 35.5. The van der Waals surface area contributed by atoms with Crippen LogP contribution in [0, 0.1) is 6.92 Å². The first-order chi connectivity index (χ1) is 13.9. The van der Waals surface area contributed by atoms with Crippen LogP contribution in [0.4, 0.5) is 21.9 Å². The molecule has 1 saturated heterocycles. The summed E-state index contributed by atoms with van der Waals surface area (Å²) in [6, 6.07) is 12.6. The van der Waals surface area contributed by atoms with E-state index in [1.807, 2.05) is 31.2 Å². The summed E-state index contributed by atoms with van der Waals surface area (Å²) in [7, 11) is 0. The molecule has 0 aliphatic carbocycles. The molecule has 7 heteroatoms. The van der Waals surface area contributed by atoms with E-state index >= 15 is 0 Å². The molecule has 1 aliphatic heterocycles. The van der Waals surface area contributed by atoms with Crippen LogP contribution in [0.3, 0.4) is 0 Å². The van der Waals surface area contributed by atoms with Crippen LogP contribution in [-0.4, -0.2) is 37.6 Å². The molecule has 3 amide bonds. The van der Waals surface area contributed by atoms with Gasteiger partial charge in [-0.3, -0.25) is 4.79 Å². The van der Waals surface area contributed by atoms with Crippen LogP contribution in [-0.2, 0) is 4.79 Å². The van der Waals surface area contributed by atoms with E-state index in [0.717, 1.165) is 35.7 Å². The molecule has 6 nitrogen and oxygen atoms in total. The summed E-state index contributed by atoms with van der Waals surface area (Å²) in [6.07, 6.45) is 0.274. The van der Waals surface area contributed by atoms with Gasteiger partial charge < -0.3 is 20.4 Å². The molecule has 3 rings (SSSR count). The molecule has 2 N–H and O–H groups in total. The van der Waals surface area contributed by atoms with Crippen molar-refractivity contribution in [1.29, 1.82) is 0 Å². The summed E-state index contributed by atoms with van der Waals surface area (Å²) in [4.78, 5) is 28.7. The molecule has 2 aromatic rings. The first kappa shape index (κ1) is 21.0. The average molecular weight is 415 g/mol. The minimum Gasteiger partial charge on any atom is -0.372 e. The third-order valence-corrected chi connectivity index (χ3v) is 5.44. The maximum Gasteiger partial charge on any atom is 0.319 e. The van der Waals surface area contributed by atoms with Gasteiger partial charge >= 0.3 is 6.03 Å². The molecule has 1 atom stereocenters. The Bertz CT molecular complexity index is 881. The van der Waals surface area contributed by atoms with Crippen molar-refractivity contribution in [3.63, 3.8) is 0 Å². The van der Waals surface area contributed by atoms with Crippen molar-refractivity contribution in [2.24, 2.45) is 0 Å². The van der Waals surface area contributed by atoms with E-state index < -0.39 is 0 Å². The van der Waals surface area contributed by atoms with Gasteiger partial charge in [0, 0.05) is 48.1 Å². The summed E-state index contributed by atoms with van der Waals surface area (Å²) in [6.45, 7) is 8.52. The van der Waals surface area contributed by atoms with E-state index in [1.165, 1.54) is 0 Å². The van der Waals surface area contributed by atoms with E-state index in [-0.39, 0.29) is 24.4 Å². The number of aryl methyl sites for hydroxylation is 1. The molecule has 0 radical (unpaired) electrons. The molecular formula is C22H27ClN4O2. The van der Waals surface area contributed by atoms with Crippen LogP contribution in [0.15, 0.2) is 42.5 Å². The molecule has 1 aliphatic rings. The fourth-order valence-electron chi connectivity index (χ4n) is 3.59. The number of hydrogen-bond donors (Lipinski definition) is 2. The molecule has 2 aromatic carbocycles. The van der Waals surface area contributed by atoms with Crippen LogP contribution in [0.25, 0.3) is 0 Å². The summed E-state index contributed by atoms with van der Waals surface area (Å²) in [5.41, 5.74) is 3.68. The highest BCUT2D eigenvalue weighted by molar-refractivity contribution is 6.30. The number of hydrogen-bond acceptors (Lipinski definition) is 3. The first-order valence-corrected chi connectivity index (χ1v) is 10.3. The maximum absolute atomic E-state index is 12.5. The van der Waals surface area contributed by atoms with E-state index in [9.17, 15) is 9.59 Å². The lowest BCUT2D eigenvalue weighted by Crippen LogP contribution is -2.39. The SMILES string of the molecule is CCN(CC)c1ccc(NC(=O)NC2CC(=O)N(c3ccc(Cl)cc3)C2)c(C)c1. The number of amides is 3. The van der Waals surface area contributed by atoms with Crippen molar-refractivity contribution < 1.29 is 9.59 Å². The molecule has 0 bridgehead atoms. The number of carbonyl (C=O) groups excluding carboxylic acids is 2. The number of carbonyl (C=O) groups is 2. The molecule has 29 heavy (non-hydrogen) atoms. The van der Waals surface area contributed by atoms with E-state index in [0.29, 0.717) is 11.6 Å². The van der Waals surface area contributed by atoms with Gasteiger partial charge in [-0.15, -0.1) is 0 Å². The maximum atomic E-state index is 12.5. The van der Waals surface area contributed by atoms with Gasteiger partial charge in [0.2, 0.25) is 5.91 Å². The quantitative estimate of drug-likeness (QED) is 0.735. The van der Waals surface area contributed by atoms with Crippen molar-refractivity contribution >= 4 is 40.6 Å². The largest absolute Gasteiger partial charge is 0.372 e. The summed E-state index contributed by atoms with van der Waals surface area (Å²) >= 11 is 5.91. The third-order valence-electron chi connectivity index (χ3n) is 5.19. The van der Waals surface area contributed by atoms with Crippen molar-refractivity contribution in [2.75, 3.05) is 34.8 Å². The summed E-state index contributed by atoms with van der Waals surface area (Å²) in [5, 5.41) is 6.43. The zero-order valence-electron chi connectivity index (χ0n) is 17.0. The molecular weight excluding hydrogens is 388 g/mol. The number of anilines is 3. The van der Waals surface area contributed by atoms with E-state index in [1.54, 1.807) is 17.0 Å². The minimum atomic E-state index is -0.306. The molecule has 0 saturated carbocycles.